The van der Waals surface area contributed by atoms with E-state index < -0.39 is 53.6 Å². The van der Waals surface area contributed by atoms with Crippen LogP contribution in [0.15, 0.2) is 55.6 Å². The molecule has 0 aliphatic carbocycles. The van der Waals surface area contributed by atoms with Crippen LogP contribution in [0.3, 0.4) is 0 Å². The number of morpholine rings is 1. The zero-order valence-electron chi connectivity index (χ0n) is 27.3. The number of rotatable bonds is 16. The Kier molecular flexibility index (Phi) is 11.5. The Morgan fingerprint density at radius 1 is 1.19 bits per heavy atom. The number of aliphatic hydroxyl groups is 1. The lowest BCUT2D eigenvalue weighted by molar-refractivity contribution is -0.161. The predicted molar refractivity (Wildman–Crippen MR) is 173 cm³/mol. The summed E-state index contributed by atoms with van der Waals surface area (Å²) in [5.41, 5.74) is -0.531. The number of likely N-dealkylation sites (tertiary alicyclic amines) is 1. The van der Waals surface area contributed by atoms with E-state index in [1.54, 1.807) is 24.0 Å². The van der Waals surface area contributed by atoms with Crippen molar-refractivity contribution in [3.63, 3.8) is 0 Å². The standard InChI is InChI=1S/C35H48N4O8/c1-4-6-12-28(41)36-22-27(25-10-8-7-9-11-25)46-34(44)29-26-13-14-35(47-26)30(29)32(42)39(24(3)23-40)31(35)33(43)38(15-5-2)17-16-37-18-20-45-21-19-37/h4-5,7-11,24,26-27,29-31,40H,1-2,6,12-23H2,3H3,(H,36,41)/t24-,26-,27+,29+,30+,31-,35+/m1/s1. The van der Waals surface area contributed by atoms with Gasteiger partial charge in [-0.25, -0.2) is 0 Å². The first kappa shape index (κ1) is 34.7. The van der Waals surface area contributed by atoms with Gasteiger partial charge < -0.3 is 34.4 Å². The maximum absolute atomic E-state index is 14.5. The zero-order valence-corrected chi connectivity index (χ0v) is 27.3. The molecule has 12 heteroatoms. The summed E-state index contributed by atoms with van der Waals surface area (Å²) in [4.78, 5) is 60.6. The molecule has 0 unspecified atom stereocenters. The normalized spacial score (nSPS) is 28.0. The molecule has 5 rings (SSSR count). The van der Waals surface area contributed by atoms with Gasteiger partial charge in [0.15, 0.2) is 0 Å². The van der Waals surface area contributed by atoms with Gasteiger partial charge in [-0.15, -0.1) is 13.2 Å². The van der Waals surface area contributed by atoms with Crippen LogP contribution in [-0.2, 0) is 33.4 Å². The molecule has 0 radical (unpaired) electrons. The minimum Gasteiger partial charge on any atom is -0.455 e. The smallest absolute Gasteiger partial charge is 0.313 e. The number of benzene rings is 1. The fraction of sp³-hybridized carbons (Fsp3) is 0.600. The summed E-state index contributed by atoms with van der Waals surface area (Å²) in [6.07, 6.45) is 3.63. The average Bonchev–Trinajstić information content (AvgIpc) is 3.75. The lowest BCUT2D eigenvalue weighted by Gasteiger charge is -2.39. The van der Waals surface area contributed by atoms with Gasteiger partial charge in [0.05, 0.1) is 50.3 Å². The molecule has 0 aromatic heterocycles. The molecule has 2 bridgehead atoms. The van der Waals surface area contributed by atoms with Crippen LogP contribution >= 0.6 is 0 Å². The number of carbonyl (C=O) groups excluding carboxylic acids is 4. The van der Waals surface area contributed by atoms with Crippen LogP contribution in [0.25, 0.3) is 0 Å². The summed E-state index contributed by atoms with van der Waals surface area (Å²) < 4.78 is 18.1. The Bertz CT molecular complexity index is 1300. The molecule has 1 aromatic rings. The first-order valence-corrected chi connectivity index (χ1v) is 16.7. The molecular formula is C35H48N4O8. The van der Waals surface area contributed by atoms with E-state index >= 15 is 0 Å². The van der Waals surface area contributed by atoms with Crippen LogP contribution < -0.4 is 5.32 Å². The van der Waals surface area contributed by atoms with Crippen LogP contribution in [0, 0.1) is 11.8 Å². The molecule has 4 aliphatic heterocycles. The third-order valence-electron chi connectivity index (χ3n) is 9.92. The number of esters is 1. The monoisotopic (exact) mass is 652 g/mol. The molecule has 3 amide bonds. The highest BCUT2D eigenvalue weighted by atomic mass is 16.6. The maximum atomic E-state index is 14.5. The van der Waals surface area contributed by atoms with Gasteiger partial charge in [-0.05, 0) is 31.7 Å². The molecule has 1 spiro atoms. The van der Waals surface area contributed by atoms with Crippen molar-refractivity contribution in [2.45, 2.75) is 62.5 Å². The number of amides is 3. The summed E-state index contributed by atoms with van der Waals surface area (Å²) in [7, 11) is 0. The summed E-state index contributed by atoms with van der Waals surface area (Å²) in [6, 6.07) is 7.44. The molecule has 7 atom stereocenters. The minimum absolute atomic E-state index is 0.0577. The van der Waals surface area contributed by atoms with Crippen molar-refractivity contribution in [2.75, 3.05) is 59.1 Å². The molecule has 256 valence electrons. The van der Waals surface area contributed by atoms with E-state index in [9.17, 15) is 24.3 Å². The first-order chi connectivity index (χ1) is 22.7. The number of nitrogens with one attached hydrogen (secondary N) is 1. The number of allylic oxidation sites excluding steroid dienone is 1. The minimum atomic E-state index is -1.23. The van der Waals surface area contributed by atoms with Crippen molar-refractivity contribution >= 4 is 23.7 Å². The zero-order chi connectivity index (χ0) is 33.6. The number of nitrogens with zero attached hydrogens (tertiary/aromatic N) is 3. The molecule has 4 aliphatic rings. The lowest BCUT2D eigenvalue weighted by Crippen LogP contribution is -2.59. The Balaban J connectivity index is 1.39. The van der Waals surface area contributed by atoms with E-state index in [1.165, 1.54) is 4.90 Å². The van der Waals surface area contributed by atoms with E-state index in [0.717, 1.165) is 13.1 Å². The summed E-state index contributed by atoms with van der Waals surface area (Å²) in [5, 5.41) is 13.1. The quantitative estimate of drug-likeness (QED) is 0.201. The molecule has 4 heterocycles. The van der Waals surface area contributed by atoms with Gasteiger partial charge in [-0.3, -0.25) is 24.1 Å². The molecule has 1 aromatic carbocycles. The van der Waals surface area contributed by atoms with Crippen LogP contribution in [0.4, 0.5) is 0 Å². The summed E-state index contributed by atoms with van der Waals surface area (Å²) >= 11 is 0. The van der Waals surface area contributed by atoms with Gasteiger partial charge in [0, 0.05) is 39.1 Å². The van der Waals surface area contributed by atoms with E-state index in [-0.39, 0.29) is 37.9 Å². The SMILES string of the molecule is C=CCCC(=O)NC[C@H](OC(=O)[C@@H]1[C@H]2C(=O)N([C@H](C)CO)[C@H](C(=O)N(CC=C)CCN3CCOCC3)[C@]23CC[C@H]1O3)c1ccccc1. The highest BCUT2D eigenvalue weighted by Crippen LogP contribution is 2.59. The van der Waals surface area contributed by atoms with Gasteiger partial charge in [-0.2, -0.15) is 0 Å². The fourth-order valence-corrected chi connectivity index (χ4v) is 7.55. The van der Waals surface area contributed by atoms with Gasteiger partial charge in [0.2, 0.25) is 17.7 Å². The number of aliphatic hydroxyl groups excluding tert-OH is 1. The topological polar surface area (TPSA) is 138 Å². The lowest BCUT2D eigenvalue weighted by atomic mass is 9.70. The molecule has 47 heavy (non-hydrogen) atoms. The Labute approximate surface area is 276 Å². The summed E-state index contributed by atoms with van der Waals surface area (Å²) in [6.45, 7) is 13.1. The number of carbonyl (C=O) groups is 4. The number of hydrogen-bond donors (Lipinski definition) is 2. The van der Waals surface area contributed by atoms with Gasteiger partial charge in [0.1, 0.15) is 17.7 Å². The Morgan fingerprint density at radius 2 is 1.94 bits per heavy atom. The van der Waals surface area contributed by atoms with Crippen LogP contribution in [0.5, 0.6) is 0 Å². The highest BCUT2D eigenvalue weighted by molar-refractivity contribution is 5.98. The van der Waals surface area contributed by atoms with E-state index in [2.05, 4.69) is 23.4 Å². The van der Waals surface area contributed by atoms with Gasteiger partial charge >= 0.3 is 5.97 Å². The Hall–Kier alpha value is -3.58. The van der Waals surface area contributed by atoms with E-state index in [0.29, 0.717) is 51.1 Å². The van der Waals surface area contributed by atoms with Crippen molar-refractivity contribution in [3.8, 4) is 0 Å². The number of hydrogen-bond acceptors (Lipinski definition) is 9. The number of ether oxygens (including phenoxy) is 3. The van der Waals surface area contributed by atoms with E-state index in [1.807, 2.05) is 30.3 Å². The maximum Gasteiger partial charge on any atom is 0.313 e. The second-order valence-corrected chi connectivity index (χ2v) is 12.8. The third kappa shape index (κ3) is 7.15. The summed E-state index contributed by atoms with van der Waals surface area (Å²) in [5.74, 6) is -3.36. The van der Waals surface area contributed by atoms with Crippen molar-refractivity contribution < 1.29 is 38.5 Å². The number of fused-ring (bicyclic) bond motifs is 1. The molecular weight excluding hydrogens is 604 g/mol. The molecule has 4 saturated heterocycles. The van der Waals surface area contributed by atoms with Crippen LogP contribution in [0.2, 0.25) is 0 Å². The van der Waals surface area contributed by atoms with Crippen LogP contribution in [0.1, 0.15) is 44.3 Å². The fourth-order valence-electron chi connectivity index (χ4n) is 7.55. The van der Waals surface area contributed by atoms with Crippen molar-refractivity contribution in [3.05, 3.63) is 61.2 Å². The molecule has 4 fully saturated rings. The largest absolute Gasteiger partial charge is 0.455 e. The van der Waals surface area contributed by atoms with Crippen molar-refractivity contribution in [1.82, 2.24) is 20.0 Å². The van der Waals surface area contributed by atoms with Crippen LogP contribution in [-0.4, -0.2) is 126 Å². The molecule has 0 saturated carbocycles. The van der Waals surface area contributed by atoms with Crippen molar-refractivity contribution in [2.24, 2.45) is 11.8 Å². The highest BCUT2D eigenvalue weighted by Gasteiger charge is 2.75. The predicted octanol–water partition coefficient (Wildman–Crippen LogP) is 1.46. The first-order valence-electron chi connectivity index (χ1n) is 16.7. The molecule has 12 nitrogen and oxygen atoms in total. The second kappa shape index (κ2) is 15.5. The van der Waals surface area contributed by atoms with Gasteiger partial charge in [0.25, 0.3) is 0 Å². The third-order valence-corrected chi connectivity index (χ3v) is 9.92. The second-order valence-electron chi connectivity index (χ2n) is 12.8. The van der Waals surface area contributed by atoms with E-state index in [4.69, 9.17) is 14.2 Å². The molecule has 2 N–H and O–H groups in total. The van der Waals surface area contributed by atoms with Crippen molar-refractivity contribution in [1.29, 1.82) is 0 Å². The van der Waals surface area contributed by atoms with Gasteiger partial charge in [-0.1, -0.05) is 42.5 Å². The Morgan fingerprint density at radius 3 is 2.62 bits per heavy atom. The average molecular weight is 653 g/mol.